The van der Waals surface area contributed by atoms with Crippen molar-refractivity contribution in [1.82, 2.24) is 10.2 Å². The van der Waals surface area contributed by atoms with Crippen LogP contribution in [-0.2, 0) is 17.9 Å². The number of rotatable bonds is 7. The van der Waals surface area contributed by atoms with Gasteiger partial charge in [0.25, 0.3) is 0 Å². The lowest BCUT2D eigenvalue weighted by atomic mass is 10.1. The second kappa shape index (κ2) is 9.28. The van der Waals surface area contributed by atoms with Crippen LogP contribution in [0.15, 0.2) is 58.1 Å². The Bertz CT molecular complexity index is 640. The molecule has 1 unspecified atom stereocenters. The maximum absolute atomic E-state index is 5.91. The topological polar surface area (TPSA) is 50.0 Å². The van der Waals surface area contributed by atoms with Crippen LogP contribution >= 0.6 is 0 Å². The van der Waals surface area contributed by atoms with E-state index < -0.39 is 0 Å². The fourth-order valence-corrected chi connectivity index (χ4v) is 3.06. The zero-order valence-electron chi connectivity index (χ0n) is 14.9. The second-order valence-electron chi connectivity index (χ2n) is 6.35. The second-order valence-corrected chi connectivity index (χ2v) is 6.35. The number of ether oxygens (including phenoxy) is 1. The van der Waals surface area contributed by atoms with E-state index in [0.29, 0.717) is 19.1 Å². The first-order chi connectivity index (χ1) is 12.3. The first kappa shape index (κ1) is 17.5. The van der Waals surface area contributed by atoms with Crippen LogP contribution in [0.25, 0.3) is 0 Å². The Kier molecular flexibility index (Phi) is 6.51. The van der Waals surface area contributed by atoms with Gasteiger partial charge in [-0.3, -0.25) is 0 Å². The number of likely N-dealkylation sites (tertiary alicyclic amines) is 1. The number of hydrogen-bond acceptors (Lipinski definition) is 3. The Hall–Kier alpha value is -2.27. The number of aliphatic imine (C=N–C) groups is 1. The van der Waals surface area contributed by atoms with E-state index in [1.54, 1.807) is 6.26 Å². The average Bonchev–Trinajstić information content (AvgIpc) is 3.32. The van der Waals surface area contributed by atoms with Crippen LogP contribution in [0.3, 0.4) is 0 Å². The summed E-state index contributed by atoms with van der Waals surface area (Å²) in [5.74, 6) is 2.40. The smallest absolute Gasteiger partial charge is 0.194 e. The van der Waals surface area contributed by atoms with Crippen LogP contribution in [0.2, 0.25) is 0 Å². The highest BCUT2D eigenvalue weighted by Crippen LogP contribution is 2.17. The van der Waals surface area contributed by atoms with Gasteiger partial charge in [-0.25, -0.2) is 4.99 Å². The first-order valence-corrected chi connectivity index (χ1v) is 9.02. The molecule has 1 aromatic carbocycles. The maximum Gasteiger partial charge on any atom is 0.194 e. The summed E-state index contributed by atoms with van der Waals surface area (Å²) in [6, 6.07) is 14.2. The van der Waals surface area contributed by atoms with Crippen LogP contribution in [0.4, 0.5) is 0 Å². The van der Waals surface area contributed by atoms with Gasteiger partial charge in [0.05, 0.1) is 19.5 Å². The highest BCUT2D eigenvalue weighted by atomic mass is 16.5. The standard InChI is InChI=1S/C20H27N3O2/c1-2-21-20(22-13-19-9-6-12-25-19)23-11-10-18(14-23)16-24-15-17-7-4-3-5-8-17/h3-9,12,18H,2,10-11,13-16H2,1H3,(H,21,22). The minimum Gasteiger partial charge on any atom is -0.467 e. The van der Waals surface area contributed by atoms with Crippen LogP contribution in [0.5, 0.6) is 0 Å². The molecule has 1 saturated heterocycles. The Morgan fingerprint density at radius 1 is 1.28 bits per heavy atom. The predicted octanol–water partition coefficient (Wildman–Crippen LogP) is 3.28. The molecule has 1 aromatic heterocycles. The third-order valence-electron chi connectivity index (χ3n) is 4.35. The molecule has 1 aliphatic rings. The van der Waals surface area contributed by atoms with Crippen LogP contribution < -0.4 is 5.32 Å². The molecule has 2 aromatic rings. The zero-order chi connectivity index (χ0) is 17.3. The number of nitrogens with one attached hydrogen (secondary N) is 1. The molecule has 0 amide bonds. The molecule has 0 radical (unpaired) electrons. The third kappa shape index (κ3) is 5.36. The molecular weight excluding hydrogens is 314 g/mol. The van der Waals surface area contributed by atoms with Gasteiger partial charge in [-0.2, -0.15) is 0 Å². The van der Waals surface area contributed by atoms with E-state index in [-0.39, 0.29) is 0 Å². The van der Waals surface area contributed by atoms with E-state index in [9.17, 15) is 0 Å². The molecule has 1 fully saturated rings. The van der Waals surface area contributed by atoms with Crippen LogP contribution in [0.1, 0.15) is 24.7 Å². The molecule has 1 aliphatic heterocycles. The quantitative estimate of drug-likeness (QED) is 0.620. The fourth-order valence-electron chi connectivity index (χ4n) is 3.06. The van der Waals surface area contributed by atoms with Gasteiger partial charge in [-0.15, -0.1) is 0 Å². The molecule has 0 saturated carbocycles. The molecule has 5 heteroatoms. The Morgan fingerprint density at radius 2 is 2.16 bits per heavy atom. The minimum atomic E-state index is 0.552. The van der Waals surface area contributed by atoms with Gasteiger partial charge in [0.2, 0.25) is 0 Å². The lowest BCUT2D eigenvalue weighted by Gasteiger charge is -2.21. The van der Waals surface area contributed by atoms with Crippen molar-refractivity contribution in [3.63, 3.8) is 0 Å². The van der Waals surface area contributed by atoms with Crippen LogP contribution in [0, 0.1) is 5.92 Å². The fraction of sp³-hybridized carbons (Fsp3) is 0.450. The van der Waals surface area contributed by atoms with Crippen molar-refractivity contribution in [2.45, 2.75) is 26.5 Å². The predicted molar refractivity (Wildman–Crippen MR) is 99.3 cm³/mol. The highest BCUT2D eigenvalue weighted by molar-refractivity contribution is 5.80. The van der Waals surface area contributed by atoms with Crippen molar-refractivity contribution in [2.24, 2.45) is 10.9 Å². The van der Waals surface area contributed by atoms with Gasteiger partial charge >= 0.3 is 0 Å². The van der Waals surface area contributed by atoms with Crippen molar-refractivity contribution in [2.75, 3.05) is 26.2 Å². The number of benzene rings is 1. The maximum atomic E-state index is 5.91. The summed E-state index contributed by atoms with van der Waals surface area (Å²) in [7, 11) is 0. The van der Waals surface area contributed by atoms with E-state index in [2.05, 4.69) is 29.3 Å². The summed E-state index contributed by atoms with van der Waals surface area (Å²) in [5, 5.41) is 3.38. The van der Waals surface area contributed by atoms with Gasteiger partial charge in [-0.1, -0.05) is 30.3 Å². The summed E-state index contributed by atoms with van der Waals surface area (Å²) < 4.78 is 11.3. The Labute approximate surface area is 149 Å². The number of nitrogens with zero attached hydrogens (tertiary/aromatic N) is 2. The van der Waals surface area contributed by atoms with Crippen molar-refractivity contribution in [3.05, 3.63) is 60.1 Å². The molecule has 1 atom stereocenters. The normalized spacial score (nSPS) is 17.9. The van der Waals surface area contributed by atoms with E-state index in [1.807, 2.05) is 30.3 Å². The summed E-state index contributed by atoms with van der Waals surface area (Å²) in [6.45, 7) is 7.01. The third-order valence-corrected chi connectivity index (χ3v) is 4.35. The molecular formula is C20H27N3O2. The van der Waals surface area contributed by atoms with Gasteiger partial charge < -0.3 is 19.4 Å². The van der Waals surface area contributed by atoms with Crippen molar-refractivity contribution < 1.29 is 9.15 Å². The monoisotopic (exact) mass is 341 g/mol. The number of guanidine groups is 1. The first-order valence-electron chi connectivity index (χ1n) is 9.02. The van der Waals surface area contributed by atoms with Crippen molar-refractivity contribution in [1.29, 1.82) is 0 Å². The van der Waals surface area contributed by atoms with Crippen LogP contribution in [-0.4, -0.2) is 37.1 Å². The molecule has 3 rings (SSSR count). The molecule has 2 heterocycles. The molecule has 0 bridgehead atoms. The summed E-state index contributed by atoms with van der Waals surface area (Å²) in [5.41, 5.74) is 1.23. The lowest BCUT2D eigenvalue weighted by molar-refractivity contribution is 0.0906. The SMILES string of the molecule is CCNC(=NCc1ccco1)N1CCC(COCc2ccccc2)C1. The average molecular weight is 341 g/mol. The summed E-state index contributed by atoms with van der Waals surface area (Å²) in [6.07, 6.45) is 2.83. The highest BCUT2D eigenvalue weighted by Gasteiger charge is 2.25. The van der Waals surface area contributed by atoms with Gasteiger partial charge in [-0.05, 0) is 31.0 Å². The number of hydrogen-bond donors (Lipinski definition) is 1. The van der Waals surface area contributed by atoms with E-state index in [4.69, 9.17) is 14.1 Å². The van der Waals surface area contributed by atoms with Gasteiger partial charge in [0.1, 0.15) is 12.3 Å². The summed E-state index contributed by atoms with van der Waals surface area (Å²) in [4.78, 5) is 7.02. The molecule has 0 spiro atoms. The number of furan rings is 1. The molecule has 5 nitrogen and oxygen atoms in total. The van der Waals surface area contributed by atoms with E-state index in [0.717, 1.165) is 44.4 Å². The van der Waals surface area contributed by atoms with Crippen molar-refractivity contribution >= 4 is 5.96 Å². The minimum absolute atomic E-state index is 0.552. The van der Waals surface area contributed by atoms with Crippen molar-refractivity contribution in [3.8, 4) is 0 Å². The van der Waals surface area contributed by atoms with Gasteiger partial charge in [0, 0.05) is 25.6 Å². The largest absolute Gasteiger partial charge is 0.467 e. The Balaban J connectivity index is 1.46. The molecule has 25 heavy (non-hydrogen) atoms. The summed E-state index contributed by atoms with van der Waals surface area (Å²) >= 11 is 0. The lowest BCUT2D eigenvalue weighted by Crippen LogP contribution is -2.40. The molecule has 134 valence electrons. The van der Waals surface area contributed by atoms with E-state index >= 15 is 0 Å². The molecule has 0 aliphatic carbocycles. The van der Waals surface area contributed by atoms with E-state index in [1.165, 1.54) is 5.56 Å². The molecule has 1 N–H and O–H groups in total. The van der Waals surface area contributed by atoms with Gasteiger partial charge in [0.15, 0.2) is 5.96 Å². The zero-order valence-corrected chi connectivity index (χ0v) is 14.9. The Morgan fingerprint density at radius 3 is 2.92 bits per heavy atom.